The van der Waals surface area contributed by atoms with Crippen molar-refractivity contribution in [2.75, 3.05) is 19.4 Å². The minimum Gasteiger partial charge on any atom is -0.355 e. The van der Waals surface area contributed by atoms with Gasteiger partial charge < -0.3 is 20.5 Å². The highest BCUT2D eigenvalue weighted by Gasteiger charge is 2.19. The molecule has 2 aromatic heterocycles. The van der Waals surface area contributed by atoms with Crippen LogP contribution in [0.25, 0.3) is 27.8 Å². The van der Waals surface area contributed by atoms with E-state index >= 15 is 0 Å². The molecule has 3 N–H and O–H groups in total. The van der Waals surface area contributed by atoms with E-state index in [1.165, 1.54) is 18.3 Å². The number of carbonyl (C=O) groups is 2. The van der Waals surface area contributed by atoms with Crippen molar-refractivity contribution in [3.05, 3.63) is 111 Å². The second-order valence-corrected chi connectivity index (χ2v) is 10.5. The van der Waals surface area contributed by atoms with E-state index in [4.69, 9.17) is 0 Å². The fourth-order valence-electron chi connectivity index (χ4n) is 5.05. The Kier molecular flexibility index (Phi) is 8.22. The molecule has 2 amide bonds. The molecule has 0 radical (unpaired) electrons. The molecule has 0 bridgehead atoms. The van der Waals surface area contributed by atoms with E-state index in [1.54, 1.807) is 43.8 Å². The van der Waals surface area contributed by atoms with Crippen LogP contribution in [-0.4, -0.2) is 46.1 Å². The molecule has 0 aliphatic heterocycles. The third-order valence-corrected chi connectivity index (χ3v) is 7.62. The van der Waals surface area contributed by atoms with Crippen molar-refractivity contribution >= 4 is 28.5 Å². The Balaban J connectivity index is 1.63. The summed E-state index contributed by atoms with van der Waals surface area (Å²) in [4.78, 5) is 43.3. The lowest BCUT2D eigenvalue weighted by atomic mass is 10.0. The highest BCUT2D eigenvalue weighted by molar-refractivity contribution is 5.96. The molecule has 0 aliphatic rings. The average molecular weight is 581 g/mol. The van der Waals surface area contributed by atoms with Gasteiger partial charge in [0.2, 0.25) is 5.91 Å². The number of hydrogen-bond donors (Lipinski definition) is 3. The monoisotopic (exact) mass is 580 g/mol. The number of likely N-dealkylation sites (N-methyl/N-ethyl adjacent to an activating group) is 1. The van der Waals surface area contributed by atoms with Crippen molar-refractivity contribution in [2.45, 2.75) is 33.4 Å². The Bertz CT molecular complexity index is 1930. The first-order valence-electron chi connectivity index (χ1n) is 13.9. The molecule has 43 heavy (non-hydrogen) atoms. The maximum atomic E-state index is 13.9. The van der Waals surface area contributed by atoms with E-state index in [0.29, 0.717) is 16.8 Å². The molecule has 9 nitrogen and oxygen atoms in total. The number of nitrogens with one attached hydrogen (secondary N) is 3. The molecule has 2 heterocycles. The number of aromatic nitrogens is 3. The molecule has 1 unspecified atom stereocenters. The smallest absolute Gasteiger partial charge is 0.294 e. The number of hydrogen-bond acceptors (Lipinski definition) is 5. The van der Waals surface area contributed by atoms with Crippen LogP contribution in [0, 0.1) is 19.7 Å². The third-order valence-electron chi connectivity index (χ3n) is 7.62. The summed E-state index contributed by atoms with van der Waals surface area (Å²) in [6.45, 7) is 5.67. The van der Waals surface area contributed by atoms with Gasteiger partial charge in [0.15, 0.2) is 5.82 Å². The van der Waals surface area contributed by atoms with Crippen LogP contribution in [0.15, 0.2) is 77.9 Å². The van der Waals surface area contributed by atoms with Crippen LogP contribution in [0.4, 0.5) is 10.2 Å². The molecule has 3 aromatic carbocycles. The number of halogens is 1. The summed E-state index contributed by atoms with van der Waals surface area (Å²) in [5, 5.41) is 8.95. The van der Waals surface area contributed by atoms with Gasteiger partial charge in [0.05, 0.1) is 30.0 Å². The molecule has 5 rings (SSSR count). The van der Waals surface area contributed by atoms with E-state index in [2.05, 4.69) is 20.9 Å². The van der Waals surface area contributed by atoms with Gasteiger partial charge in [0.25, 0.3) is 11.5 Å². The van der Waals surface area contributed by atoms with Gasteiger partial charge in [-0.15, -0.1) is 0 Å². The van der Waals surface area contributed by atoms with Gasteiger partial charge in [-0.25, -0.2) is 9.37 Å². The van der Waals surface area contributed by atoms with Gasteiger partial charge in [-0.2, -0.15) is 0 Å². The molecular formula is C33H33FN6O3. The summed E-state index contributed by atoms with van der Waals surface area (Å²) in [7, 11) is 3.21. The zero-order valence-corrected chi connectivity index (χ0v) is 24.7. The lowest BCUT2D eigenvalue weighted by molar-refractivity contribution is -0.117. The molecule has 5 aromatic rings. The van der Waals surface area contributed by atoms with Crippen LogP contribution in [0.2, 0.25) is 0 Å². The van der Waals surface area contributed by atoms with E-state index in [9.17, 15) is 18.8 Å². The highest BCUT2D eigenvalue weighted by atomic mass is 19.1. The number of rotatable bonds is 8. The Hall–Kier alpha value is -5.09. The van der Waals surface area contributed by atoms with Gasteiger partial charge in [0, 0.05) is 35.4 Å². The van der Waals surface area contributed by atoms with Crippen molar-refractivity contribution < 1.29 is 14.0 Å². The summed E-state index contributed by atoms with van der Waals surface area (Å²) in [5.74, 6) is -1.04. The predicted octanol–water partition coefficient (Wildman–Crippen LogP) is 4.56. The van der Waals surface area contributed by atoms with Gasteiger partial charge in [-0.1, -0.05) is 18.2 Å². The molecule has 0 saturated carbocycles. The first-order chi connectivity index (χ1) is 20.6. The minimum absolute atomic E-state index is 0.0961. The number of carbonyl (C=O) groups excluding carboxylic acids is 2. The summed E-state index contributed by atoms with van der Waals surface area (Å²) < 4.78 is 17.5. The van der Waals surface area contributed by atoms with Gasteiger partial charge in [-0.3, -0.25) is 19.0 Å². The van der Waals surface area contributed by atoms with Crippen molar-refractivity contribution in [2.24, 2.45) is 0 Å². The quantitative estimate of drug-likeness (QED) is 0.249. The Morgan fingerprint density at radius 2 is 1.79 bits per heavy atom. The standard InChI is InChI=1S/C33H33FN6O3/c1-19-9-10-23(32(42)36-5)14-26(19)29-16-37-30(38-31(41)21(3)35-4)33(43)40(29)18-22-7-6-8-25(13-22)39-17-20(2)27-15-24(34)11-12-28(27)39/h6-17,21,35H,18H2,1-5H3,(H,36,42)(H,37,38,41). The maximum Gasteiger partial charge on any atom is 0.294 e. The molecule has 0 aliphatic carbocycles. The second kappa shape index (κ2) is 12.0. The van der Waals surface area contributed by atoms with E-state index in [-0.39, 0.29) is 24.1 Å². The van der Waals surface area contributed by atoms with E-state index in [1.807, 2.05) is 54.9 Å². The number of aryl methyl sites for hydroxylation is 2. The number of nitrogens with zero attached hydrogens (tertiary/aromatic N) is 3. The molecule has 0 fully saturated rings. The maximum absolute atomic E-state index is 13.9. The van der Waals surface area contributed by atoms with Gasteiger partial charge in [0.1, 0.15) is 5.82 Å². The van der Waals surface area contributed by atoms with Crippen molar-refractivity contribution in [3.63, 3.8) is 0 Å². The topological polar surface area (TPSA) is 110 Å². The van der Waals surface area contributed by atoms with Gasteiger partial charge >= 0.3 is 0 Å². The summed E-state index contributed by atoms with van der Waals surface area (Å²) in [6, 6.07) is 17.2. The van der Waals surface area contributed by atoms with Crippen LogP contribution in [0.5, 0.6) is 0 Å². The summed E-state index contributed by atoms with van der Waals surface area (Å²) in [5.41, 5.74) is 5.43. The number of amides is 2. The van der Waals surface area contributed by atoms with Crippen LogP contribution < -0.4 is 21.5 Å². The lowest BCUT2D eigenvalue weighted by Gasteiger charge is -2.18. The van der Waals surface area contributed by atoms with Crippen LogP contribution >= 0.6 is 0 Å². The Labute approximate surface area is 248 Å². The predicted molar refractivity (Wildman–Crippen MR) is 166 cm³/mol. The first kappa shape index (κ1) is 29.4. The largest absolute Gasteiger partial charge is 0.355 e. The fourth-order valence-corrected chi connectivity index (χ4v) is 5.05. The Morgan fingerprint density at radius 3 is 2.53 bits per heavy atom. The zero-order valence-electron chi connectivity index (χ0n) is 24.7. The number of fused-ring (bicyclic) bond motifs is 1. The van der Waals surface area contributed by atoms with Crippen molar-refractivity contribution in [1.29, 1.82) is 0 Å². The summed E-state index contributed by atoms with van der Waals surface area (Å²) >= 11 is 0. The Morgan fingerprint density at radius 1 is 1.00 bits per heavy atom. The fraction of sp³-hybridized carbons (Fsp3) is 0.212. The average Bonchev–Trinajstić information content (AvgIpc) is 3.34. The second-order valence-electron chi connectivity index (χ2n) is 10.5. The zero-order chi connectivity index (χ0) is 30.8. The number of benzene rings is 3. The first-order valence-corrected chi connectivity index (χ1v) is 13.9. The van der Waals surface area contributed by atoms with Crippen LogP contribution in [-0.2, 0) is 11.3 Å². The minimum atomic E-state index is -0.536. The lowest BCUT2D eigenvalue weighted by Crippen LogP contribution is -2.38. The molecule has 10 heteroatoms. The van der Waals surface area contributed by atoms with E-state index < -0.39 is 17.5 Å². The summed E-state index contributed by atoms with van der Waals surface area (Å²) in [6.07, 6.45) is 3.50. The molecule has 1 atom stereocenters. The third kappa shape index (κ3) is 5.82. The molecule has 220 valence electrons. The van der Waals surface area contributed by atoms with Crippen LogP contribution in [0.1, 0.15) is 34.0 Å². The van der Waals surface area contributed by atoms with Gasteiger partial charge in [-0.05, 0) is 87.0 Å². The van der Waals surface area contributed by atoms with Crippen LogP contribution in [0.3, 0.4) is 0 Å². The highest BCUT2D eigenvalue weighted by Crippen LogP contribution is 2.28. The molecular weight excluding hydrogens is 547 g/mol. The van der Waals surface area contributed by atoms with Crippen molar-refractivity contribution in [3.8, 4) is 16.9 Å². The molecule has 0 spiro atoms. The molecule has 0 saturated heterocycles. The van der Waals surface area contributed by atoms with Crippen molar-refractivity contribution in [1.82, 2.24) is 24.8 Å². The number of anilines is 1. The SMILES string of the molecule is CNC(=O)c1ccc(C)c(-c2cnc(NC(=O)C(C)NC)c(=O)n2Cc2cccc(-n3cc(C)c4cc(F)ccc43)c2)c1. The normalized spacial score (nSPS) is 11.9. The van der Waals surface area contributed by atoms with E-state index in [0.717, 1.165) is 33.3 Å².